The summed E-state index contributed by atoms with van der Waals surface area (Å²) in [5.74, 6) is 0. The van der Waals surface area contributed by atoms with E-state index >= 15 is 0 Å². The van der Waals surface area contributed by atoms with Crippen molar-refractivity contribution in [2.75, 3.05) is 0 Å². The van der Waals surface area contributed by atoms with E-state index in [9.17, 15) is 0 Å². The van der Waals surface area contributed by atoms with Gasteiger partial charge in [0.2, 0.25) is 0 Å². The van der Waals surface area contributed by atoms with Crippen LogP contribution in [0.1, 0.15) is 26.3 Å². The van der Waals surface area contributed by atoms with Crippen LogP contribution in [0.15, 0.2) is 115 Å². The molecule has 0 saturated carbocycles. The van der Waals surface area contributed by atoms with Crippen molar-refractivity contribution < 1.29 is 0 Å². The van der Waals surface area contributed by atoms with Gasteiger partial charge in [0.05, 0.1) is 0 Å². The fourth-order valence-electron chi connectivity index (χ4n) is 4.65. The largest absolute Gasteiger partial charge is 0.369 e. The highest BCUT2D eigenvalue weighted by Gasteiger charge is 2.31. The zero-order chi connectivity index (χ0) is 20.3. The monoisotopic (exact) mass is 393 g/mol. The maximum absolute atomic E-state index is 2.34. The molecule has 0 bridgehead atoms. The van der Waals surface area contributed by atoms with Crippen molar-refractivity contribution in [2.24, 2.45) is 0 Å². The SMILES string of the molecule is CC(C)(C)c1ccc([B-](c2ccccc2)(c2ccccc2)c2ccccc2)cc1.[NH4+]. The van der Waals surface area contributed by atoms with E-state index in [1.807, 2.05) is 0 Å². The van der Waals surface area contributed by atoms with Crippen LogP contribution in [-0.4, -0.2) is 6.15 Å². The van der Waals surface area contributed by atoms with Crippen LogP contribution in [0.3, 0.4) is 0 Å². The minimum atomic E-state index is -1.27. The van der Waals surface area contributed by atoms with E-state index in [0.717, 1.165) is 0 Å². The molecule has 4 aromatic rings. The molecular formula is C28H32BN. The first-order chi connectivity index (χ1) is 14.0. The lowest BCUT2D eigenvalue weighted by molar-refractivity contribution is 0.590. The quantitative estimate of drug-likeness (QED) is 0.487. The van der Waals surface area contributed by atoms with Gasteiger partial charge in [-0.15, -0.1) is 0 Å². The second-order valence-corrected chi connectivity index (χ2v) is 8.97. The van der Waals surface area contributed by atoms with Crippen molar-refractivity contribution in [2.45, 2.75) is 26.2 Å². The van der Waals surface area contributed by atoms with Crippen molar-refractivity contribution in [3.8, 4) is 0 Å². The molecule has 4 aromatic carbocycles. The van der Waals surface area contributed by atoms with Crippen molar-refractivity contribution in [1.82, 2.24) is 6.15 Å². The molecule has 0 amide bonds. The van der Waals surface area contributed by atoms with Crippen LogP contribution in [-0.2, 0) is 5.41 Å². The summed E-state index contributed by atoms with van der Waals surface area (Å²) in [5.41, 5.74) is 6.87. The van der Waals surface area contributed by atoms with Gasteiger partial charge < -0.3 is 6.15 Å². The number of rotatable bonds is 4. The number of hydrogen-bond donors (Lipinski definition) is 1. The van der Waals surface area contributed by atoms with Gasteiger partial charge in [-0.1, -0.05) is 136 Å². The van der Waals surface area contributed by atoms with E-state index < -0.39 is 6.15 Å². The summed E-state index contributed by atoms with van der Waals surface area (Å²) in [6, 6.07) is 42.2. The highest BCUT2D eigenvalue weighted by molar-refractivity contribution is 7.19. The topological polar surface area (TPSA) is 36.5 Å². The molecule has 152 valence electrons. The number of quaternary nitrogens is 1. The van der Waals surface area contributed by atoms with Crippen LogP contribution >= 0.6 is 0 Å². The molecule has 0 spiro atoms. The Kier molecular flexibility index (Phi) is 6.29. The molecule has 4 N–H and O–H groups in total. The fourth-order valence-corrected chi connectivity index (χ4v) is 4.65. The minimum Gasteiger partial charge on any atom is -0.369 e. The molecule has 4 rings (SSSR count). The van der Waals surface area contributed by atoms with Gasteiger partial charge in [-0.05, 0) is 11.0 Å². The highest BCUT2D eigenvalue weighted by Crippen LogP contribution is 2.21. The summed E-state index contributed by atoms with van der Waals surface area (Å²) in [5, 5.41) is 0. The van der Waals surface area contributed by atoms with Gasteiger partial charge in [0.15, 0.2) is 0 Å². The van der Waals surface area contributed by atoms with Gasteiger partial charge in [0, 0.05) is 0 Å². The van der Waals surface area contributed by atoms with E-state index in [1.54, 1.807) is 0 Å². The third-order valence-electron chi connectivity index (χ3n) is 6.18. The molecule has 0 aliphatic heterocycles. The summed E-state index contributed by atoms with van der Waals surface area (Å²) in [6.07, 6.45) is -1.27. The molecule has 2 heteroatoms. The molecule has 1 nitrogen and oxygen atoms in total. The molecule has 0 aliphatic rings. The predicted octanol–water partition coefficient (Wildman–Crippen LogP) is 4.74. The molecule has 0 atom stereocenters. The molecule has 0 aliphatic carbocycles. The molecule has 30 heavy (non-hydrogen) atoms. The Morgan fingerprint density at radius 3 is 1.03 bits per heavy atom. The molecule has 0 unspecified atom stereocenters. The third-order valence-corrected chi connectivity index (χ3v) is 6.18. The average Bonchev–Trinajstić information content (AvgIpc) is 2.76. The summed E-state index contributed by atoms with van der Waals surface area (Å²) >= 11 is 0. The van der Waals surface area contributed by atoms with Crippen molar-refractivity contribution in [3.05, 3.63) is 121 Å². The lowest BCUT2D eigenvalue weighted by atomic mass is 9.13. The second-order valence-electron chi connectivity index (χ2n) is 8.97. The van der Waals surface area contributed by atoms with E-state index in [2.05, 4.69) is 136 Å². The summed E-state index contributed by atoms with van der Waals surface area (Å²) in [6.45, 7) is 6.81. The maximum Gasteiger partial charge on any atom is 0.108 e. The van der Waals surface area contributed by atoms with Crippen LogP contribution in [0.2, 0.25) is 0 Å². The third kappa shape index (κ3) is 3.84. The molecule has 0 heterocycles. The van der Waals surface area contributed by atoms with Gasteiger partial charge in [-0.25, -0.2) is 0 Å². The van der Waals surface area contributed by atoms with Gasteiger partial charge in [0.25, 0.3) is 0 Å². The van der Waals surface area contributed by atoms with Gasteiger partial charge in [-0.3, -0.25) is 0 Å². The average molecular weight is 393 g/mol. The molecule has 0 saturated heterocycles. The van der Waals surface area contributed by atoms with Gasteiger partial charge in [-0.2, -0.15) is 21.9 Å². The first-order valence-corrected chi connectivity index (χ1v) is 10.5. The van der Waals surface area contributed by atoms with Gasteiger partial charge in [0.1, 0.15) is 6.15 Å². The Morgan fingerprint density at radius 2 is 0.733 bits per heavy atom. The van der Waals surface area contributed by atoms with Crippen LogP contribution < -0.4 is 28.0 Å². The first kappa shape index (κ1) is 21.6. The van der Waals surface area contributed by atoms with E-state index in [1.165, 1.54) is 27.4 Å². The summed E-state index contributed by atoms with van der Waals surface area (Å²) < 4.78 is 0. The van der Waals surface area contributed by atoms with E-state index in [0.29, 0.717) is 0 Å². The van der Waals surface area contributed by atoms with Crippen LogP contribution in [0, 0.1) is 0 Å². The second kappa shape index (κ2) is 8.73. The standard InChI is InChI=1S/C28H28B.H3N/c1-28(2,3)23-19-21-27(22-20-23)29(24-13-7-4-8-14-24,25-15-9-5-10-16-25)26-17-11-6-12-18-26;/h4-22H,1-3H3;1H3/q-1;/p+1. The Morgan fingerprint density at radius 1 is 0.433 bits per heavy atom. The lowest BCUT2D eigenvalue weighted by Crippen LogP contribution is -2.74. The van der Waals surface area contributed by atoms with Crippen LogP contribution in [0.5, 0.6) is 0 Å². The number of benzene rings is 4. The van der Waals surface area contributed by atoms with Crippen molar-refractivity contribution in [3.63, 3.8) is 0 Å². The Hall–Kier alpha value is -3.10. The Balaban J connectivity index is 0.00000256. The highest BCUT2D eigenvalue weighted by atomic mass is 14.2. The number of hydrogen-bond acceptors (Lipinski definition) is 0. The van der Waals surface area contributed by atoms with Crippen LogP contribution in [0.4, 0.5) is 0 Å². The Bertz CT molecular complexity index is 954. The summed E-state index contributed by atoms with van der Waals surface area (Å²) in [7, 11) is 0. The van der Waals surface area contributed by atoms with Crippen LogP contribution in [0.25, 0.3) is 0 Å². The zero-order valence-corrected chi connectivity index (χ0v) is 18.5. The first-order valence-electron chi connectivity index (χ1n) is 10.5. The normalized spacial score (nSPS) is 11.6. The molecule has 0 radical (unpaired) electrons. The molecule has 0 aromatic heterocycles. The van der Waals surface area contributed by atoms with Crippen molar-refractivity contribution >= 4 is 28.0 Å². The smallest absolute Gasteiger partial charge is 0.108 e. The minimum absolute atomic E-state index is 0. The van der Waals surface area contributed by atoms with Crippen molar-refractivity contribution in [1.29, 1.82) is 0 Å². The lowest BCUT2D eigenvalue weighted by Gasteiger charge is -2.44. The zero-order valence-electron chi connectivity index (χ0n) is 18.5. The fraction of sp³-hybridized carbons (Fsp3) is 0.143. The summed E-state index contributed by atoms with van der Waals surface area (Å²) in [4.78, 5) is 0. The predicted molar refractivity (Wildman–Crippen MR) is 135 cm³/mol. The maximum atomic E-state index is 2.34. The Labute approximate surface area is 181 Å². The van der Waals surface area contributed by atoms with E-state index in [4.69, 9.17) is 0 Å². The molecule has 0 fully saturated rings. The van der Waals surface area contributed by atoms with Gasteiger partial charge >= 0.3 is 0 Å². The molecular weight excluding hydrogens is 361 g/mol. The van der Waals surface area contributed by atoms with E-state index in [-0.39, 0.29) is 11.6 Å².